The zero-order valence-corrected chi connectivity index (χ0v) is 13.1. The van der Waals surface area contributed by atoms with Gasteiger partial charge < -0.3 is 14.8 Å². The monoisotopic (exact) mass is 318 g/mol. The molecule has 7 nitrogen and oxygen atoms in total. The van der Waals surface area contributed by atoms with Gasteiger partial charge in [-0.15, -0.1) is 0 Å². The van der Waals surface area contributed by atoms with E-state index in [1.807, 2.05) is 13.8 Å². The van der Waals surface area contributed by atoms with Crippen LogP contribution >= 0.6 is 0 Å². The number of aliphatic hydroxyl groups is 1. The summed E-state index contributed by atoms with van der Waals surface area (Å²) in [6.07, 6.45) is 2.54. The van der Waals surface area contributed by atoms with E-state index in [1.165, 1.54) is 10.8 Å². The van der Waals surface area contributed by atoms with E-state index in [0.717, 1.165) is 6.07 Å². The summed E-state index contributed by atoms with van der Waals surface area (Å²) < 4.78 is 28.2. The first-order valence-corrected chi connectivity index (χ1v) is 8.34. The molecule has 0 saturated heterocycles. The molecule has 1 rings (SSSR count). The highest BCUT2D eigenvalue weighted by atomic mass is 32.2. The number of aromatic carboxylic acids is 1. The van der Waals surface area contributed by atoms with E-state index in [1.54, 1.807) is 0 Å². The summed E-state index contributed by atoms with van der Waals surface area (Å²) in [6, 6.07) is 1.16. The molecule has 0 spiro atoms. The molecule has 1 heterocycles. The number of aliphatic hydroxyl groups excluding tert-OH is 1. The Bertz CT molecular complexity index is 579. The molecule has 1 unspecified atom stereocenters. The van der Waals surface area contributed by atoms with Gasteiger partial charge in [-0.1, -0.05) is 13.8 Å². The maximum Gasteiger partial charge on any atom is 0.352 e. The number of carboxylic acid groups (broad SMARTS) is 1. The molecule has 0 aliphatic heterocycles. The van der Waals surface area contributed by atoms with Gasteiger partial charge >= 0.3 is 5.97 Å². The molecule has 1 aromatic rings. The lowest BCUT2D eigenvalue weighted by atomic mass is 10.1. The van der Waals surface area contributed by atoms with Gasteiger partial charge in [-0.05, 0) is 24.8 Å². The highest BCUT2D eigenvalue weighted by Crippen LogP contribution is 2.15. The van der Waals surface area contributed by atoms with Crippen molar-refractivity contribution in [3.05, 3.63) is 18.0 Å². The van der Waals surface area contributed by atoms with E-state index in [9.17, 15) is 13.2 Å². The van der Waals surface area contributed by atoms with Crippen LogP contribution in [0.25, 0.3) is 0 Å². The Labute approximate surface area is 124 Å². The highest BCUT2D eigenvalue weighted by molar-refractivity contribution is 7.89. The fourth-order valence-corrected chi connectivity index (χ4v) is 3.10. The summed E-state index contributed by atoms with van der Waals surface area (Å²) in [4.78, 5) is 11.1. The summed E-state index contributed by atoms with van der Waals surface area (Å²) in [5, 5.41) is 17.9. The minimum absolute atomic E-state index is 0.00106. The second-order valence-electron chi connectivity index (χ2n) is 5.03. The predicted octanol–water partition coefficient (Wildman–Crippen LogP) is 0.893. The van der Waals surface area contributed by atoms with Gasteiger partial charge in [-0.2, -0.15) is 0 Å². The van der Waals surface area contributed by atoms with E-state index in [4.69, 9.17) is 10.2 Å². The Morgan fingerprint density at radius 3 is 2.67 bits per heavy atom. The minimum atomic E-state index is -3.74. The fourth-order valence-electron chi connectivity index (χ4n) is 1.89. The molecule has 0 radical (unpaired) electrons. The van der Waals surface area contributed by atoms with Gasteiger partial charge in [0.2, 0.25) is 10.0 Å². The van der Waals surface area contributed by atoms with Gasteiger partial charge in [0.1, 0.15) is 10.6 Å². The average molecular weight is 318 g/mol. The van der Waals surface area contributed by atoms with Crippen molar-refractivity contribution in [2.24, 2.45) is 5.92 Å². The summed E-state index contributed by atoms with van der Waals surface area (Å²) in [7, 11) is -3.74. The summed E-state index contributed by atoms with van der Waals surface area (Å²) in [6.45, 7) is 4.35. The molecular formula is C13H22N2O5S. The molecule has 3 N–H and O–H groups in total. The molecule has 1 aromatic heterocycles. The molecule has 0 saturated carbocycles. The Hall–Kier alpha value is -1.38. The predicted molar refractivity (Wildman–Crippen MR) is 77.7 cm³/mol. The number of nitrogens with one attached hydrogen (secondary N) is 1. The smallest absolute Gasteiger partial charge is 0.352 e. The maximum absolute atomic E-state index is 12.2. The number of rotatable bonds is 9. The van der Waals surface area contributed by atoms with Crippen LogP contribution in [0.15, 0.2) is 17.2 Å². The average Bonchev–Trinajstić information content (AvgIpc) is 2.82. The molecule has 0 aromatic carbocycles. The lowest BCUT2D eigenvalue weighted by molar-refractivity contribution is 0.0685. The number of carbonyl (C=O) groups is 1. The van der Waals surface area contributed by atoms with E-state index in [-0.39, 0.29) is 29.7 Å². The van der Waals surface area contributed by atoms with Gasteiger partial charge in [0.05, 0.1) is 0 Å². The first-order valence-electron chi connectivity index (χ1n) is 6.85. The van der Waals surface area contributed by atoms with Gasteiger partial charge in [0, 0.05) is 25.9 Å². The second-order valence-corrected chi connectivity index (χ2v) is 6.80. The zero-order chi connectivity index (χ0) is 16.0. The van der Waals surface area contributed by atoms with Crippen LogP contribution in [0.3, 0.4) is 0 Å². The highest BCUT2D eigenvalue weighted by Gasteiger charge is 2.21. The number of hydrogen-bond acceptors (Lipinski definition) is 4. The summed E-state index contributed by atoms with van der Waals surface area (Å²) >= 11 is 0. The van der Waals surface area contributed by atoms with E-state index in [2.05, 4.69) is 4.72 Å². The molecular weight excluding hydrogens is 296 g/mol. The molecule has 8 heteroatoms. The third kappa shape index (κ3) is 4.83. The number of nitrogens with zero attached hydrogens (tertiary/aromatic N) is 1. The van der Waals surface area contributed by atoms with Crippen LogP contribution in [0.5, 0.6) is 0 Å². The van der Waals surface area contributed by atoms with Crippen molar-refractivity contribution in [3.63, 3.8) is 0 Å². The van der Waals surface area contributed by atoms with Crippen LogP contribution in [-0.4, -0.2) is 42.3 Å². The van der Waals surface area contributed by atoms with Crippen LogP contribution < -0.4 is 4.72 Å². The quantitative estimate of drug-likeness (QED) is 0.626. The van der Waals surface area contributed by atoms with Crippen molar-refractivity contribution >= 4 is 16.0 Å². The number of hydrogen-bond donors (Lipinski definition) is 3. The SMILES string of the molecule is CCCn1cc(S(=O)(=O)NCC(C)CCO)cc1C(=O)O. The van der Waals surface area contributed by atoms with Crippen molar-refractivity contribution in [1.29, 1.82) is 0 Å². The zero-order valence-electron chi connectivity index (χ0n) is 12.2. The molecule has 1 atom stereocenters. The lowest BCUT2D eigenvalue weighted by Gasteiger charge is -2.10. The third-order valence-corrected chi connectivity index (χ3v) is 4.50. The summed E-state index contributed by atoms with van der Waals surface area (Å²) in [5.74, 6) is -1.15. The topological polar surface area (TPSA) is 109 Å². The van der Waals surface area contributed by atoms with Crippen molar-refractivity contribution in [1.82, 2.24) is 9.29 Å². The Morgan fingerprint density at radius 2 is 2.14 bits per heavy atom. The third-order valence-electron chi connectivity index (χ3n) is 3.11. The van der Waals surface area contributed by atoms with E-state index < -0.39 is 16.0 Å². The molecule has 0 bridgehead atoms. The Kier molecular flexibility index (Phi) is 6.38. The van der Waals surface area contributed by atoms with Crippen molar-refractivity contribution in [2.75, 3.05) is 13.2 Å². The van der Waals surface area contributed by atoms with Crippen molar-refractivity contribution < 1.29 is 23.4 Å². The van der Waals surface area contributed by atoms with Crippen molar-refractivity contribution in [2.45, 2.75) is 38.1 Å². The van der Waals surface area contributed by atoms with Crippen LogP contribution in [0, 0.1) is 5.92 Å². The van der Waals surface area contributed by atoms with Crippen LogP contribution in [0.1, 0.15) is 37.2 Å². The summed E-state index contributed by atoms with van der Waals surface area (Å²) in [5.41, 5.74) is -0.0411. The second kappa shape index (κ2) is 7.58. The lowest BCUT2D eigenvalue weighted by Crippen LogP contribution is -2.28. The first-order chi connectivity index (χ1) is 9.81. The van der Waals surface area contributed by atoms with Gasteiger partial charge in [-0.3, -0.25) is 0 Å². The van der Waals surface area contributed by atoms with Gasteiger partial charge in [0.25, 0.3) is 0 Å². The minimum Gasteiger partial charge on any atom is -0.477 e. The molecule has 120 valence electrons. The molecule has 0 fully saturated rings. The molecule has 0 aliphatic rings. The number of aryl methyl sites for hydroxylation is 1. The van der Waals surface area contributed by atoms with Gasteiger partial charge in [-0.25, -0.2) is 17.9 Å². The number of aromatic nitrogens is 1. The van der Waals surface area contributed by atoms with E-state index >= 15 is 0 Å². The number of sulfonamides is 1. The van der Waals surface area contributed by atoms with Crippen molar-refractivity contribution in [3.8, 4) is 0 Å². The normalized spacial score (nSPS) is 13.3. The molecule has 21 heavy (non-hydrogen) atoms. The molecule has 0 amide bonds. The Morgan fingerprint density at radius 1 is 1.48 bits per heavy atom. The van der Waals surface area contributed by atoms with Crippen LogP contribution in [0.4, 0.5) is 0 Å². The maximum atomic E-state index is 12.2. The first kappa shape index (κ1) is 17.7. The van der Waals surface area contributed by atoms with Gasteiger partial charge in [0.15, 0.2) is 0 Å². The standard InChI is InChI=1S/C13H22N2O5S/c1-3-5-15-9-11(7-12(15)13(17)18)21(19,20)14-8-10(2)4-6-16/h7,9-10,14,16H,3-6,8H2,1-2H3,(H,17,18). The molecule has 0 aliphatic carbocycles. The number of carboxylic acids is 1. The van der Waals surface area contributed by atoms with Crippen LogP contribution in [-0.2, 0) is 16.6 Å². The van der Waals surface area contributed by atoms with E-state index in [0.29, 0.717) is 19.4 Å². The van der Waals surface area contributed by atoms with Crippen LogP contribution in [0.2, 0.25) is 0 Å². The fraction of sp³-hybridized carbons (Fsp3) is 0.615. The Balaban J connectivity index is 2.93. The largest absolute Gasteiger partial charge is 0.477 e.